The van der Waals surface area contributed by atoms with Crippen LogP contribution in [0.25, 0.3) is 10.1 Å². The maximum Gasteiger partial charge on any atom is 0.150 e. The van der Waals surface area contributed by atoms with Gasteiger partial charge in [0, 0.05) is 18.5 Å². The lowest BCUT2D eigenvalue weighted by Crippen LogP contribution is -2.36. The molecule has 1 saturated heterocycles. The fraction of sp³-hybridized carbons (Fsp3) is 0.417. The maximum atomic E-state index is 9.49. The summed E-state index contributed by atoms with van der Waals surface area (Å²) in [6, 6.07) is 8.33. The van der Waals surface area contributed by atoms with Crippen molar-refractivity contribution in [1.29, 1.82) is 0 Å². The van der Waals surface area contributed by atoms with Gasteiger partial charge in [-0.05, 0) is 36.5 Å². The largest absolute Gasteiger partial charge is 0.393 e. The van der Waals surface area contributed by atoms with E-state index in [1.54, 1.807) is 11.5 Å². The molecule has 4 heteroatoms. The number of piperidine rings is 1. The number of anilines is 1. The Morgan fingerprint density at radius 2 is 2.00 bits per heavy atom. The molecule has 0 atom stereocenters. The van der Waals surface area contributed by atoms with Crippen LogP contribution in [0.3, 0.4) is 0 Å². The summed E-state index contributed by atoms with van der Waals surface area (Å²) < 4.78 is 5.77. The first-order valence-electron chi connectivity index (χ1n) is 5.62. The molecule has 1 aromatic carbocycles. The number of hydrogen-bond donors (Lipinski definition) is 1. The van der Waals surface area contributed by atoms with Gasteiger partial charge in [-0.25, -0.2) is 0 Å². The van der Waals surface area contributed by atoms with E-state index >= 15 is 0 Å². The first-order chi connectivity index (χ1) is 7.84. The molecule has 1 aliphatic heterocycles. The smallest absolute Gasteiger partial charge is 0.150 e. The summed E-state index contributed by atoms with van der Waals surface area (Å²) in [5.74, 6) is 1.09. The van der Waals surface area contributed by atoms with Crippen LogP contribution in [0.5, 0.6) is 0 Å². The van der Waals surface area contributed by atoms with Gasteiger partial charge in [0.05, 0.1) is 10.8 Å². The minimum absolute atomic E-state index is 0.124. The summed E-state index contributed by atoms with van der Waals surface area (Å²) in [5.41, 5.74) is 0. The number of rotatable bonds is 1. The first-order valence-corrected chi connectivity index (χ1v) is 6.39. The van der Waals surface area contributed by atoms with Crippen LogP contribution in [-0.4, -0.2) is 28.7 Å². The lowest BCUT2D eigenvalue weighted by atomic mass is 10.1. The third-order valence-corrected chi connectivity index (χ3v) is 3.94. The Hall–Kier alpha value is -1.13. The van der Waals surface area contributed by atoms with Gasteiger partial charge in [-0.15, -0.1) is 0 Å². The van der Waals surface area contributed by atoms with Crippen molar-refractivity contribution >= 4 is 27.4 Å². The molecule has 1 fully saturated rings. The van der Waals surface area contributed by atoms with E-state index in [0.29, 0.717) is 0 Å². The molecule has 2 heterocycles. The van der Waals surface area contributed by atoms with E-state index in [1.807, 2.05) is 6.07 Å². The number of nitrogens with zero attached hydrogens (tertiary/aromatic N) is 2. The van der Waals surface area contributed by atoms with Gasteiger partial charge in [-0.3, -0.25) is 0 Å². The van der Waals surface area contributed by atoms with Gasteiger partial charge in [-0.1, -0.05) is 12.1 Å². The van der Waals surface area contributed by atoms with Crippen LogP contribution in [0.4, 0.5) is 5.82 Å². The second kappa shape index (κ2) is 4.03. The average Bonchev–Trinajstić information content (AvgIpc) is 2.74. The molecule has 1 aliphatic rings. The van der Waals surface area contributed by atoms with Crippen molar-refractivity contribution in [3.63, 3.8) is 0 Å². The van der Waals surface area contributed by atoms with Crippen LogP contribution < -0.4 is 4.90 Å². The maximum absolute atomic E-state index is 9.49. The highest BCUT2D eigenvalue weighted by Crippen LogP contribution is 2.30. The lowest BCUT2D eigenvalue weighted by Gasteiger charge is -2.29. The van der Waals surface area contributed by atoms with Crippen molar-refractivity contribution in [3.8, 4) is 0 Å². The number of aromatic nitrogens is 1. The zero-order chi connectivity index (χ0) is 11.0. The minimum Gasteiger partial charge on any atom is -0.393 e. The molecule has 3 nitrogen and oxygen atoms in total. The molecule has 0 unspecified atom stereocenters. The standard InChI is InChI=1S/C12H14N2OS/c15-9-5-7-14(8-6-9)12-10-3-1-2-4-11(10)16-13-12/h1-4,9,15H,5-8H2. The van der Waals surface area contributed by atoms with Crippen LogP contribution in [0.2, 0.25) is 0 Å². The second-order valence-electron chi connectivity index (χ2n) is 4.22. The Bertz CT molecular complexity index is 488. The molecule has 0 amide bonds. The molecular formula is C12H14N2OS. The zero-order valence-corrected chi connectivity index (χ0v) is 9.78. The fourth-order valence-electron chi connectivity index (χ4n) is 2.18. The van der Waals surface area contributed by atoms with E-state index in [-0.39, 0.29) is 6.10 Å². The molecule has 2 aromatic rings. The lowest BCUT2D eigenvalue weighted by molar-refractivity contribution is 0.145. The monoisotopic (exact) mass is 234 g/mol. The molecule has 0 radical (unpaired) electrons. The van der Waals surface area contributed by atoms with Crippen LogP contribution in [0.1, 0.15) is 12.8 Å². The van der Waals surface area contributed by atoms with E-state index in [2.05, 4.69) is 27.5 Å². The van der Waals surface area contributed by atoms with Crippen molar-refractivity contribution < 1.29 is 5.11 Å². The van der Waals surface area contributed by atoms with Gasteiger partial charge in [-0.2, -0.15) is 4.37 Å². The first kappa shape index (κ1) is 10.1. The molecule has 1 N–H and O–H groups in total. The normalized spacial score (nSPS) is 18.2. The van der Waals surface area contributed by atoms with E-state index < -0.39 is 0 Å². The van der Waals surface area contributed by atoms with E-state index in [9.17, 15) is 5.11 Å². The Balaban J connectivity index is 1.94. The van der Waals surface area contributed by atoms with E-state index in [1.165, 1.54) is 10.1 Å². The Morgan fingerprint density at radius 3 is 2.81 bits per heavy atom. The topological polar surface area (TPSA) is 36.4 Å². The van der Waals surface area contributed by atoms with Gasteiger partial charge in [0.1, 0.15) is 5.82 Å². The number of aliphatic hydroxyl groups is 1. The van der Waals surface area contributed by atoms with E-state index in [4.69, 9.17) is 0 Å². The highest BCUT2D eigenvalue weighted by atomic mass is 32.1. The number of aliphatic hydroxyl groups excluding tert-OH is 1. The summed E-state index contributed by atoms with van der Waals surface area (Å²) >= 11 is 1.55. The fourth-order valence-corrected chi connectivity index (χ4v) is 2.97. The average molecular weight is 234 g/mol. The van der Waals surface area contributed by atoms with Gasteiger partial charge in [0.25, 0.3) is 0 Å². The minimum atomic E-state index is -0.124. The second-order valence-corrected chi connectivity index (χ2v) is 5.03. The number of hydrogen-bond acceptors (Lipinski definition) is 4. The Kier molecular flexibility index (Phi) is 2.53. The molecule has 0 saturated carbocycles. The molecule has 0 aliphatic carbocycles. The van der Waals surface area contributed by atoms with Crippen molar-refractivity contribution in [3.05, 3.63) is 24.3 Å². The van der Waals surface area contributed by atoms with Crippen LogP contribution in [0.15, 0.2) is 24.3 Å². The molecule has 3 rings (SSSR count). The number of fused-ring (bicyclic) bond motifs is 1. The van der Waals surface area contributed by atoms with Gasteiger partial charge >= 0.3 is 0 Å². The Morgan fingerprint density at radius 1 is 1.25 bits per heavy atom. The van der Waals surface area contributed by atoms with Gasteiger partial charge in [0.2, 0.25) is 0 Å². The summed E-state index contributed by atoms with van der Waals surface area (Å²) in [6.07, 6.45) is 1.58. The third kappa shape index (κ3) is 1.68. The van der Waals surface area contributed by atoms with Crippen molar-refractivity contribution in [1.82, 2.24) is 4.37 Å². The predicted octanol–water partition coefficient (Wildman–Crippen LogP) is 2.26. The summed E-state index contributed by atoms with van der Waals surface area (Å²) in [4.78, 5) is 2.28. The van der Waals surface area contributed by atoms with Crippen LogP contribution in [0, 0.1) is 0 Å². The van der Waals surface area contributed by atoms with Gasteiger partial charge < -0.3 is 10.0 Å². The highest BCUT2D eigenvalue weighted by Gasteiger charge is 2.20. The highest BCUT2D eigenvalue weighted by molar-refractivity contribution is 7.13. The van der Waals surface area contributed by atoms with Crippen molar-refractivity contribution in [2.45, 2.75) is 18.9 Å². The molecule has 1 aromatic heterocycles. The molecular weight excluding hydrogens is 220 g/mol. The number of benzene rings is 1. The van der Waals surface area contributed by atoms with Gasteiger partial charge in [0.15, 0.2) is 0 Å². The quantitative estimate of drug-likeness (QED) is 0.822. The summed E-state index contributed by atoms with van der Waals surface area (Å²) in [5, 5.41) is 10.7. The Labute approximate surface area is 98.5 Å². The SMILES string of the molecule is OC1CCN(c2nsc3ccccc23)CC1. The van der Waals surface area contributed by atoms with Crippen molar-refractivity contribution in [2.24, 2.45) is 0 Å². The molecule has 0 bridgehead atoms. The zero-order valence-electron chi connectivity index (χ0n) is 8.97. The summed E-state index contributed by atoms with van der Waals surface area (Å²) in [6.45, 7) is 1.82. The third-order valence-electron chi connectivity index (χ3n) is 3.12. The van der Waals surface area contributed by atoms with Crippen molar-refractivity contribution in [2.75, 3.05) is 18.0 Å². The summed E-state index contributed by atoms with van der Waals surface area (Å²) in [7, 11) is 0. The molecule has 84 valence electrons. The van der Waals surface area contributed by atoms with Crippen LogP contribution >= 0.6 is 11.5 Å². The predicted molar refractivity (Wildman–Crippen MR) is 67.1 cm³/mol. The molecule has 0 spiro atoms. The van der Waals surface area contributed by atoms with Crippen LogP contribution in [-0.2, 0) is 0 Å². The molecule has 16 heavy (non-hydrogen) atoms. The van der Waals surface area contributed by atoms with E-state index in [0.717, 1.165) is 31.7 Å².